The van der Waals surface area contributed by atoms with Crippen LogP contribution in [0.15, 0.2) is 36.0 Å². The predicted molar refractivity (Wildman–Crippen MR) is 138 cm³/mol. The van der Waals surface area contributed by atoms with Crippen molar-refractivity contribution >= 4 is 5.97 Å². The van der Waals surface area contributed by atoms with Gasteiger partial charge in [-0.2, -0.15) is 0 Å². The Morgan fingerprint density at radius 1 is 1.12 bits per heavy atom. The van der Waals surface area contributed by atoms with Crippen molar-refractivity contribution in [3.8, 4) is 0 Å². The zero-order valence-electron chi connectivity index (χ0n) is 22.2. The van der Waals surface area contributed by atoms with Gasteiger partial charge in [0.2, 0.25) is 0 Å². The van der Waals surface area contributed by atoms with E-state index in [1.807, 2.05) is 5.57 Å². The Kier molecular flexibility index (Phi) is 7.05. The number of hydrogen-bond acceptors (Lipinski definition) is 2. The van der Waals surface area contributed by atoms with Crippen LogP contribution in [0.3, 0.4) is 0 Å². The second-order valence-corrected chi connectivity index (χ2v) is 12.6. The summed E-state index contributed by atoms with van der Waals surface area (Å²) in [5, 5.41) is 0. The summed E-state index contributed by atoms with van der Waals surface area (Å²) in [4.78, 5) is 11.5. The minimum Gasteiger partial charge on any atom is -0.463 e. The van der Waals surface area contributed by atoms with Gasteiger partial charge in [-0.1, -0.05) is 63.6 Å². The maximum absolute atomic E-state index is 11.5. The quantitative estimate of drug-likeness (QED) is 0.299. The third kappa shape index (κ3) is 4.41. The molecule has 0 bridgehead atoms. The summed E-state index contributed by atoms with van der Waals surface area (Å²) < 4.78 is 5.64. The number of fused-ring (bicyclic) bond motifs is 5. The SMILES string of the molecule is C=C(C)[C@H](/C=C/[C@H](C)[C@@H]1CC[C@H]2C3=CC[C@H]4C[C@H](OC(C)=O)CC[C@@]4(C)[C@@H]3CC[C@]21C)CC. The van der Waals surface area contributed by atoms with Gasteiger partial charge in [0.05, 0.1) is 0 Å². The van der Waals surface area contributed by atoms with Crippen LogP contribution in [0.4, 0.5) is 0 Å². The van der Waals surface area contributed by atoms with Crippen molar-refractivity contribution in [3.05, 3.63) is 36.0 Å². The number of ether oxygens (including phenoxy) is 1. The normalized spacial score (nSPS) is 42.0. The van der Waals surface area contributed by atoms with E-state index in [9.17, 15) is 4.79 Å². The lowest BCUT2D eigenvalue weighted by molar-refractivity contribution is -0.152. The first-order valence-corrected chi connectivity index (χ1v) is 13.8. The van der Waals surface area contributed by atoms with Crippen LogP contribution in [0.1, 0.15) is 99.3 Å². The van der Waals surface area contributed by atoms with Gasteiger partial charge in [0.15, 0.2) is 0 Å². The Labute approximate surface area is 203 Å². The molecule has 0 aliphatic heterocycles. The number of carbonyl (C=O) groups is 1. The van der Waals surface area contributed by atoms with E-state index in [0.29, 0.717) is 28.6 Å². The van der Waals surface area contributed by atoms with Crippen molar-refractivity contribution in [1.82, 2.24) is 0 Å². The zero-order chi connectivity index (χ0) is 24.0. The van der Waals surface area contributed by atoms with Gasteiger partial charge in [-0.25, -0.2) is 0 Å². The van der Waals surface area contributed by atoms with Crippen LogP contribution < -0.4 is 0 Å². The summed E-state index contributed by atoms with van der Waals surface area (Å²) >= 11 is 0. The molecule has 9 atom stereocenters. The van der Waals surface area contributed by atoms with Crippen LogP contribution in [0.25, 0.3) is 0 Å². The maximum Gasteiger partial charge on any atom is 0.302 e. The highest BCUT2D eigenvalue weighted by Gasteiger charge is 2.58. The Morgan fingerprint density at radius 2 is 1.82 bits per heavy atom. The molecule has 0 N–H and O–H groups in total. The molecule has 184 valence electrons. The summed E-state index contributed by atoms with van der Waals surface area (Å²) in [5.41, 5.74) is 3.94. The van der Waals surface area contributed by atoms with Crippen LogP contribution in [0.5, 0.6) is 0 Å². The predicted octanol–water partition coefficient (Wildman–Crippen LogP) is 8.29. The zero-order valence-corrected chi connectivity index (χ0v) is 22.2. The fraction of sp³-hybridized carbons (Fsp3) is 0.774. The molecule has 0 unspecified atom stereocenters. The van der Waals surface area contributed by atoms with Gasteiger partial charge in [0, 0.05) is 6.92 Å². The standard InChI is InChI=1S/C31H48O2/c1-8-23(20(2)3)10-9-21(4)27-13-14-28-26-12-11-24-19-25(33-22(5)32)15-17-30(24,6)29(26)16-18-31(27,28)7/h9-10,12,21,23-25,27-29H,2,8,11,13-19H2,1,3-7H3/b10-9+/t21-,23-,24-,25+,27-,28-,29+,30+,31-/m0/s1. The molecule has 2 nitrogen and oxygen atoms in total. The highest BCUT2D eigenvalue weighted by atomic mass is 16.5. The average Bonchev–Trinajstić information content (AvgIpc) is 3.11. The van der Waals surface area contributed by atoms with Gasteiger partial charge in [-0.05, 0) is 111 Å². The third-order valence-electron chi connectivity index (χ3n) is 10.8. The largest absolute Gasteiger partial charge is 0.463 e. The molecule has 4 rings (SSSR count). The molecule has 33 heavy (non-hydrogen) atoms. The molecular weight excluding hydrogens is 404 g/mol. The number of hydrogen-bond donors (Lipinski definition) is 0. The van der Waals surface area contributed by atoms with Crippen LogP contribution in [0, 0.1) is 46.3 Å². The lowest BCUT2D eigenvalue weighted by Gasteiger charge is -2.58. The van der Waals surface area contributed by atoms with Gasteiger partial charge in [0.25, 0.3) is 0 Å². The molecule has 3 fully saturated rings. The second kappa shape index (κ2) is 9.38. The van der Waals surface area contributed by atoms with Crippen molar-refractivity contribution in [2.24, 2.45) is 46.3 Å². The first-order chi connectivity index (χ1) is 15.6. The third-order valence-corrected chi connectivity index (χ3v) is 10.8. The van der Waals surface area contributed by atoms with Gasteiger partial charge in [-0.15, -0.1) is 0 Å². The fourth-order valence-electron chi connectivity index (χ4n) is 8.81. The molecule has 0 aromatic heterocycles. The Bertz CT molecular complexity index is 821. The Balaban J connectivity index is 1.51. The van der Waals surface area contributed by atoms with E-state index in [-0.39, 0.29) is 12.1 Å². The number of allylic oxidation sites excluding steroid dienone is 5. The van der Waals surface area contributed by atoms with Crippen LogP contribution in [-0.4, -0.2) is 12.1 Å². The molecule has 0 aromatic carbocycles. The van der Waals surface area contributed by atoms with E-state index in [1.54, 1.807) is 6.92 Å². The summed E-state index contributed by atoms with van der Waals surface area (Å²) in [6.07, 6.45) is 18.9. The van der Waals surface area contributed by atoms with E-state index in [0.717, 1.165) is 37.0 Å². The molecule has 0 aromatic rings. The monoisotopic (exact) mass is 452 g/mol. The van der Waals surface area contributed by atoms with E-state index in [1.165, 1.54) is 44.1 Å². The number of rotatable bonds is 6. The second-order valence-electron chi connectivity index (χ2n) is 12.6. The smallest absolute Gasteiger partial charge is 0.302 e. The number of carbonyl (C=O) groups excluding carboxylic acids is 1. The Morgan fingerprint density at radius 3 is 2.48 bits per heavy atom. The lowest BCUT2D eigenvalue weighted by atomic mass is 9.47. The lowest BCUT2D eigenvalue weighted by Crippen LogP contribution is -2.50. The van der Waals surface area contributed by atoms with Gasteiger partial charge in [0.1, 0.15) is 6.10 Å². The van der Waals surface area contributed by atoms with Crippen molar-refractivity contribution in [2.75, 3.05) is 0 Å². The van der Waals surface area contributed by atoms with Crippen LogP contribution in [0.2, 0.25) is 0 Å². The highest BCUT2D eigenvalue weighted by Crippen LogP contribution is 2.66. The van der Waals surface area contributed by atoms with Crippen molar-refractivity contribution in [2.45, 2.75) is 105 Å². The summed E-state index contributed by atoms with van der Waals surface area (Å²) in [6.45, 7) is 17.9. The topological polar surface area (TPSA) is 26.3 Å². The first kappa shape index (κ1) is 24.8. The molecule has 0 radical (unpaired) electrons. The van der Waals surface area contributed by atoms with E-state index >= 15 is 0 Å². The molecule has 2 heteroatoms. The van der Waals surface area contributed by atoms with Crippen LogP contribution in [-0.2, 0) is 9.53 Å². The maximum atomic E-state index is 11.5. The minimum atomic E-state index is -0.113. The number of esters is 1. The van der Waals surface area contributed by atoms with Crippen molar-refractivity contribution < 1.29 is 9.53 Å². The Hall–Kier alpha value is -1.31. The summed E-state index contributed by atoms with van der Waals surface area (Å²) in [6, 6.07) is 0. The molecule has 3 saturated carbocycles. The van der Waals surface area contributed by atoms with Gasteiger partial charge >= 0.3 is 5.97 Å². The molecule has 4 aliphatic carbocycles. The summed E-state index contributed by atoms with van der Waals surface area (Å²) in [5.74, 6) is 4.01. The molecular formula is C31H48O2. The molecule has 0 heterocycles. The molecule has 0 spiro atoms. The minimum absolute atomic E-state index is 0.113. The molecule has 0 saturated heterocycles. The van der Waals surface area contributed by atoms with E-state index < -0.39 is 0 Å². The highest BCUT2D eigenvalue weighted by molar-refractivity contribution is 5.66. The first-order valence-electron chi connectivity index (χ1n) is 13.8. The molecule has 0 amide bonds. The van der Waals surface area contributed by atoms with Gasteiger partial charge in [-0.3, -0.25) is 4.79 Å². The van der Waals surface area contributed by atoms with E-state index in [4.69, 9.17) is 4.74 Å². The van der Waals surface area contributed by atoms with E-state index in [2.05, 4.69) is 59.4 Å². The average molecular weight is 453 g/mol. The fourth-order valence-corrected chi connectivity index (χ4v) is 8.81. The molecule has 4 aliphatic rings. The van der Waals surface area contributed by atoms with Gasteiger partial charge < -0.3 is 4.74 Å². The van der Waals surface area contributed by atoms with Crippen LogP contribution >= 0.6 is 0 Å². The van der Waals surface area contributed by atoms with Crippen molar-refractivity contribution in [3.63, 3.8) is 0 Å². The van der Waals surface area contributed by atoms with Crippen molar-refractivity contribution in [1.29, 1.82) is 0 Å². The summed E-state index contributed by atoms with van der Waals surface area (Å²) in [7, 11) is 0.